The summed E-state index contributed by atoms with van der Waals surface area (Å²) in [5, 5.41) is 3.23. The minimum absolute atomic E-state index is 0.0667. The molecule has 0 heterocycles. The highest BCUT2D eigenvalue weighted by Crippen LogP contribution is 2.23. The molecule has 162 valence electrons. The summed E-state index contributed by atoms with van der Waals surface area (Å²) in [6, 6.07) is 18.3. The minimum Gasteiger partial charge on any atom is -0.484 e. The molecule has 0 aliphatic rings. The van der Waals surface area contributed by atoms with Crippen LogP contribution in [-0.2, 0) is 21.2 Å². The summed E-state index contributed by atoms with van der Waals surface area (Å²) >= 11 is 6.05. The summed E-state index contributed by atoms with van der Waals surface area (Å²) in [7, 11) is -3.78. The van der Waals surface area contributed by atoms with E-state index in [2.05, 4.69) is 17.0 Å². The second-order valence-electron chi connectivity index (χ2n) is 6.93. The number of halogens is 1. The summed E-state index contributed by atoms with van der Waals surface area (Å²) < 4.78 is 33.1. The van der Waals surface area contributed by atoms with Crippen molar-refractivity contribution in [3.05, 3.63) is 82.9 Å². The van der Waals surface area contributed by atoms with E-state index in [0.717, 1.165) is 12.0 Å². The van der Waals surface area contributed by atoms with Crippen molar-refractivity contribution in [1.82, 2.24) is 0 Å². The number of aryl methyl sites for hydroxylation is 2. The molecule has 31 heavy (non-hydrogen) atoms. The average Bonchev–Trinajstić information content (AvgIpc) is 2.75. The Morgan fingerprint density at radius 1 is 0.968 bits per heavy atom. The van der Waals surface area contributed by atoms with Gasteiger partial charge in [-0.15, -0.1) is 0 Å². The molecule has 0 atom stereocenters. The largest absolute Gasteiger partial charge is 0.484 e. The number of sulfonamides is 1. The van der Waals surface area contributed by atoms with Gasteiger partial charge in [-0.3, -0.25) is 9.52 Å². The normalized spacial score (nSPS) is 11.1. The van der Waals surface area contributed by atoms with Crippen molar-refractivity contribution in [1.29, 1.82) is 0 Å². The molecule has 0 aliphatic carbocycles. The predicted octanol–water partition coefficient (Wildman–Crippen LogP) is 5.03. The summed E-state index contributed by atoms with van der Waals surface area (Å²) in [4.78, 5) is 12.1. The van der Waals surface area contributed by atoms with Crippen LogP contribution in [0.5, 0.6) is 5.75 Å². The fourth-order valence-corrected chi connectivity index (χ4v) is 3.99. The third-order valence-corrected chi connectivity index (χ3v) is 6.38. The smallest absolute Gasteiger partial charge is 0.262 e. The number of hydrogen-bond acceptors (Lipinski definition) is 4. The predicted molar refractivity (Wildman–Crippen MR) is 123 cm³/mol. The highest BCUT2D eigenvalue weighted by Gasteiger charge is 2.15. The number of anilines is 2. The van der Waals surface area contributed by atoms with Crippen molar-refractivity contribution < 1.29 is 17.9 Å². The molecule has 0 unspecified atom stereocenters. The number of carbonyl (C=O) groups is 1. The molecule has 8 heteroatoms. The van der Waals surface area contributed by atoms with E-state index in [-0.39, 0.29) is 17.4 Å². The maximum absolute atomic E-state index is 12.6. The molecule has 0 radical (unpaired) electrons. The van der Waals surface area contributed by atoms with Crippen LogP contribution in [0, 0.1) is 6.92 Å². The molecular formula is C23H23ClN2O4S. The highest BCUT2D eigenvalue weighted by molar-refractivity contribution is 7.92. The molecule has 3 rings (SSSR count). The Bertz CT molecular complexity index is 1160. The lowest BCUT2D eigenvalue weighted by molar-refractivity contribution is -0.118. The summed E-state index contributed by atoms with van der Waals surface area (Å²) in [5.74, 6) is 0.0766. The van der Waals surface area contributed by atoms with E-state index in [4.69, 9.17) is 16.3 Å². The van der Waals surface area contributed by atoms with Gasteiger partial charge in [0.25, 0.3) is 15.9 Å². The molecule has 0 aromatic heterocycles. The van der Waals surface area contributed by atoms with Gasteiger partial charge in [0.05, 0.1) is 10.6 Å². The van der Waals surface area contributed by atoms with Crippen LogP contribution in [-0.4, -0.2) is 20.9 Å². The Labute approximate surface area is 187 Å². The van der Waals surface area contributed by atoms with E-state index in [0.29, 0.717) is 22.1 Å². The fraction of sp³-hybridized carbons (Fsp3) is 0.174. The van der Waals surface area contributed by atoms with Crippen molar-refractivity contribution in [3.63, 3.8) is 0 Å². The Hall–Kier alpha value is -3.03. The molecule has 0 fully saturated rings. The van der Waals surface area contributed by atoms with Gasteiger partial charge in [-0.25, -0.2) is 8.42 Å². The van der Waals surface area contributed by atoms with Crippen LogP contribution in [0.1, 0.15) is 18.1 Å². The molecule has 0 spiro atoms. The van der Waals surface area contributed by atoms with Crippen LogP contribution >= 0.6 is 11.6 Å². The molecule has 0 aliphatic heterocycles. The molecule has 1 amide bonds. The maximum atomic E-state index is 12.6. The summed E-state index contributed by atoms with van der Waals surface area (Å²) in [6.45, 7) is 3.70. The number of rotatable bonds is 8. The Balaban J connectivity index is 1.57. The Morgan fingerprint density at radius 3 is 2.23 bits per heavy atom. The number of ether oxygens (including phenoxy) is 1. The topological polar surface area (TPSA) is 84.5 Å². The van der Waals surface area contributed by atoms with Gasteiger partial charge in [0.2, 0.25) is 0 Å². The van der Waals surface area contributed by atoms with Crippen molar-refractivity contribution in [2.45, 2.75) is 25.2 Å². The Morgan fingerprint density at radius 2 is 1.61 bits per heavy atom. The molecule has 0 saturated carbocycles. The van der Waals surface area contributed by atoms with Gasteiger partial charge in [-0.2, -0.15) is 0 Å². The lowest BCUT2D eigenvalue weighted by Crippen LogP contribution is -2.20. The number of carbonyl (C=O) groups excluding carboxylic acids is 1. The second kappa shape index (κ2) is 9.85. The SMILES string of the molecule is CCc1ccc(NC(=O)COc2ccc(S(=O)(=O)Nc3ccc(C)c(Cl)c3)cc2)cc1. The molecule has 0 saturated heterocycles. The zero-order chi connectivity index (χ0) is 22.4. The lowest BCUT2D eigenvalue weighted by atomic mass is 10.1. The Kier molecular flexibility index (Phi) is 7.20. The van der Waals surface area contributed by atoms with E-state index in [1.54, 1.807) is 18.2 Å². The fourth-order valence-electron chi connectivity index (χ4n) is 2.76. The van der Waals surface area contributed by atoms with E-state index >= 15 is 0 Å². The molecule has 3 aromatic carbocycles. The van der Waals surface area contributed by atoms with Crippen molar-refractivity contribution >= 4 is 38.9 Å². The third kappa shape index (κ3) is 6.23. The molecule has 6 nitrogen and oxygen atoms in total. The van der Waals surface area contributed by atoms with Gasteiger partial charge >= 0.3 is 0 Å². The van der Waals surface area contributed by atoms with Gasteiger partial charge in [-0.1, -0.05) is 36.7 Å². The molecule has 2 N–H and O–H groups in total. The van der Waals surface area contributed by atoms with E-state index in [9.17, 15) is 13.2 Å². The zero-order valence-electron chi connectivity index (χ0n) is 17.2. The van der Waals surface area contributed by atoms with Crippen LogP contribution in [0.15, 0.2) is 71.6 Å². The monoisotopic (exact) mass is 458 g/mol. The minimum atomic E-state index is -3.78. The quantitative estimate of drug-likeness (QED) is 0.495. The molecule has 0 bridgehead atoms. The first kappa shape index (κ1) is 22.7. The van der Waals surface area contributed by atoms with Crippen LogP contribution in [0.2, 0.25) is 5.02 Å². The average molecular weight is 459 g/mol. The summed E-state index contributed by atoms with van der Waals surface area (Å²) in [6.07, 6.45) is 0.928. The van der Waals surface area contributed by atoms with Gasteiger partial charge < -0.3 is 10.1 Å². The van der Waals surface area contributed by atoms with Gasteiger partial charge in [0.1, 0.15) is 5.75 Å². The zero-order valence-corrected chi connectivity index (χ0v) is 18.8. The van der Waals surface area contributed by atoms with Crippen molar-refractivity contribution in [2.75, 3.05) is 16.6 Å². The van der Waals surface area contributed by atoms with E-state index < -0.39 is 10.0 Å². The standard InChI is InChI=1S/C23H23ClN2O4S/c1-3-17-5-8-18(9-6-17)25-23(27)15-30-20-10-12-21(13-11-20)31(28,29)26-19-7-4-16(2)22(24)14-19/h4-14,26H,3,15H2,1-2H3,(H,25,27). The maximum Gasteiger partial charge on any atom is 0.262 e. The van der Waals surface area contributed by atoms with Crippen LogP contribution < -0.4 is 14.8 Å². The highest BCUT2D eigenvalue weighted by atomic mass is 35.5. The van der Waals surface area contributed by atoms with Gasteiger partial charge in [-0.05, 0) is 73.0 Å². The van der Waals surface area contributed by atoms with Crippen molar-refractivity contribution in [2.24, 2.45) is 0 Å². The van der Waals surface area contributed by atoms with Crippen LogP contribution in [0.25, 0.3) is 0 Å². The first-order valence-corrected chi connectivity index (χ1v) is 11.5. The second-order valence-corrected chi connectivity index (χ2v) is 9.02. The van der Waals surface area contributed by atoms with E-state index in [1.165, 1.54) is 29.8 Å². The number of hydrogen-bond donors (Lipinski definition) is 2. The summed E-state index contributed by atoms with van der Waals surface area (Å²) in [5.41, 5.74) is 3.10. The van der Waals surface area contributed by atoms with Crippen LogP contribution in [0.4, 0.5) is 11.4 Å². The molecular weight excluding hydrogens is 436 g/mol. The third-order valence-electron chi connectivity index (χ3n) is 4.57. The molecule has 3 aromatic rings. The number of amides is 1. The van der Waals surface area contributed by atoms with Crippen molar-refractivity contribution in [3.8, 4) is 5.75 Å². The van der Waals surface area contributed by atoms with Gasteiger partial charge in [0.15, 0.2) is 6.61 Å². The number of benzene rings is 3. The lowest BCUT2D eigenvalue weighted by Gasteiger charge is -2.11. The van der Waals surface area contributed by atoms with Gasteiger partial charge in [0, 0.05) is 10.7 Å². The number of nitrogens with one attached hydrogen (secondary N) is 2. The van der Waals surface area contributed by atoms with Crippen LogP contribution in [0.3, 0.4) is 0 Å². The first-order valence-electron chi connectivity index (χ1n) is 9.67. The van der Waals surface area contributed by atoms with E-state index in [1.807, 2.05) is 31.2 Å². The first-order chi connectivity index (χ1) is 14.8.